The van der Waals surface area contributed by atoms with Crippen molar-refractivity contribution in [2.75, 3.05) is 20.3 Å². The van der Waals surface area contributed by atoms with Gasteiger partial charge in [0.1, 0.15) is 0 Å². The predicted octanol–water partition coefficient (Wildman–Crippen LogP) is 6.27. The average molecular weight is 373 g/mol. The van der Waals surface area contributed by atoms with E-state index in [0.29, 0.717) is 24.4 Å². The van der Waals surface area contributed by atoms with E-state index in [0.717, 1.165) is 0 Å². The summed E-state index contributed by atoms with van der Waals surface area (Å²) in [7, 11) is 1.73. The maximum absolute atomic E-state index is 9.55. The lowest BCUT2D eigenvalue weighted by atomic mass is 9.76. The molecule has 2 rings (SSSR count). The van der Waals surface area contributed by atoms with Gasteiger partial charge in [0.25, 0.3) is 0 Å². The Bertz CT molecular complexity index is 512. The molecule has 0 spiro atoms. The van der Waals surface area contributed by atoms with Crippen LogP contribution in [0.25, 0.3) is 6.08 Å². The number of hydrogen-bond acceptors (Lipinski definition) is 2. The van der Waals surface area contributed by atoms with Crippen molar-refractivity contribution in [3.8, 4) is 0 Å². The van der Waals surface area contributed by atoms with Crippen molar-refractivity contribution < 1.29 is 9.84 Å². The van der Waals surface area contributed by atoms with E-state index in [1.54, 1.807) is 7.11 Å². The fourth-order valence-corrected chi connectivity index (χ4v) is 4.34. The summed E-state index contributed by atoms with van der Waals surface area (Å²) < 4.78 is 5.26. The Morgan fingerprint density at radius 2 is 1.74 bits per heavy atom. The Balaban J connectivity index is 1.71. The average Bonchev–Trinajstić information content (AvgIpc) is 2.72. The smallest absolute Gasteiger partial charge is 0.0515 e. The summed E-state index contributed by atoms with van der Waals surface area (Å²) in [6.45, 7) is 3.21. The van der Waals surface area contributed by atoms with Crippen LogP contribution < -0.4 is 0 Å². The lowest BCUT2D eigenvalue weighted by molar-refractivity contribution is 0.0586. The Morgan fingerprint density at radius 3 is 2.37 bits per heavy atom. The van der Waals surface area contributed by atoms with Crippen LogP contribution in [0.1, 0.15) is 75.8 Å². The normalized spacial score (nSPS) is 21.6. The van der Waals surface area contributed by atoms with Gasteiger partial charge in [-0.1, -0.05) is 69.0 Å². The van der Waals surface area contributed by atoms with Gasteiger partial charge in [-0.2, -0.15) is 0 Å². The highest BCUT2D eigenvalue weighted by atomic mass is 16.5. The molecule has 0 heterocycles. The summed E-state index contributed by atoms with van der Waals surface area (Å²) in [5.74, 6) is 1.62. The zero-order valence-electron chi connectivity index (χ0n) is 17.5. The molecule has 0 radical (unpaired) electrons. The molecule has 1 saturated carbocycles. The summed E-state index contributed by atoms with van der Waals surface area (Å²) in [4.78, 5) is 0. The van der Waals surface area contributed by atoms with E-state index in [4.69, 9.17) is 4.74 Å². The summed E-state index contributed by atoms with van der Waals surface area (Å²) in [5.41, 5.74) is 2.79. The predicted molar refractivity (Wildman–Crippen MR) is 116 cm³/mol. The van der Waals surface area contributed by atoms with Crippen LogP contribution in [0, 0.1) is 17.8 Å². The minimum Gasteiger partial charge on any atom is -0.396 e. The molecule has 152 valence electrons. The summed E-state index contributed by atoms with van der Waals surface area (Å²) >= 11 is 0. The number of ether oxygens (including phenoxy) is 1. The second-order valence-corrected chi connectivity index (χ2v) is 8.34. The minimum atomic E-state index is 0.254. The monoisotopic (exact) mass is 372 g/mol. The van der Waals surface area contributed by atoms with Gasteiger partial charge in [-0.15, -0.1) is 0 Å². The van der Waals surface area contributed by atoms with Gasteiger partial charge in [-0.05, 0) is 61.5 Å². The second-order valence-electron chi connectivity index (χ2n) is 8.34. The summed E-state index contributed by atoms with van der Waals surface area (Å²) in [6.07, 6.45) is 17.5. The third-order valence-electron chi connectivity index (χ3n) is 6.21. The first-order valence-electron chi connectivity index (χ1n) is 11.1. The van der Waals surface area contributed by atoms with Crippen LogP contribution in [0.15, 0.2) is 30.3 Å². The molecular formula is C25H40O2. The second kappa shape index (κ2) is 13.1. The quantitative estimate of drug-likeness (QED) is 0.438. The minimum absolute atomic E-state index is 0.254. The zero-order valence-corrected chi connectivity index (χ0v) is 17.5. The number of aliphatic hydroxyl groups excluding tert-OH is 1. The van der Waals surface area contributed by atoms with Crippen molar-refractivity contribution in [1.82, 2.24) is 0 Å². The Kier molecular flexibility index (Phi) is 10.8. The molecule has 27 heavy (non-hydrogen) atoms. The van der Waals surface area contributed by atoms with Crippen LogP contribution in [0.2, 0.25) is 0 Å². The van der Waals surface area contributed by atoms with Crippen molar-refractivity contribution in [2.45, 2.75) is 71.1 Å². The first-order chi connectivity index (χ1) is 13.3. The number of hydrogen-bond donors (Lipinski definition) is 1. The van der Waals surface area contributed by atoms with Crippen LogP contribution in [0.4, 0.5) is 0 Å². The molecule has 1 aliphatic rings. The Labute approximate surface area is 167 Å². The fourth-order valence-electron chi connectivity index (χ4n) is 4.34. The molecule has 0 saturated heterocycles. The van der Waals surface area contributed by atoms with Crippen molar-refractivity contribution in [3.63, 3.8) is 0 Å². The molecule has 1 unspecified atom stereocenters. The number of aliphatic hydroxyl groups is 1. The molecule has 1 aliphatic carbocycles. The van der Waals surface area contributed by atoms with Gasteiger partial charge in [-0.3, -0.25) is 0 Å². The van der Waals surface area contributed by atoms with Gasteiger partial charge in [0.2, 0.25) is 0 Å². The Morgan fingerprint density at radius 1 is 1.04 bits per heavy atom. The summed E-state index contributed by atoms with van der Waals surface area (Å²) in [6, 6.07) is 9.13. The molecule has 1 aromatic carbocycles. The first-order valence-corrected chi connectivity index (χ1v) is 11.1. The summed E-state index contributed by atoms with van der Waals surface area (Å²) in [5, 5.41) is 9.55. The SMILES string of the molecule is CCCCCCCc1ccc(/C=C/C2CCC(C(CO)COC)CC2)cc1. The van der Waals surface area contributed by atoms with E-state index >= 15 is 0 Å². The van der Waals surface area contributed by atoms with Crippen LogP contribution in [0.5, 0.6) is 0 Å². The van der Waals surface area contributed by atoms with Gasteiger partial charge in [-0.25, -0.2) is 0 Å². The maximum Gasteiger partial charge on any atom is 0.0515 e. The Hall–Kier alpha value is -1.12. The zero-order chi connectivity index (χ0) is 19.3. The molecule has 0 aromatic heterocycles. The number of unbranched alkanes of at least 4 members (excludes halogenated alkanes) is 4. The van der Waals surface area contributed by atoms with Crippen LogP contribution in [0.3, 0.4) is 0 Å². The van der Waals surface area contributed by atoms with E-state index in [1.807, 2.05) is 0 Å². The van der Waals surface area contributed by atoms with E-state index in [1.165, 1.54) is 75.3 Å². The number of aryl methyl sites for hydroxylation is 1. The molecule has 1 atom stereocenters. The van der Waals surface area contributed by atoms with E-state index in [2.05, 4.69) is 43.3 Å². The number of rotatable bonds is 12. The molecule has 0 bridgehead atoms. The van der Waals surface area contributed by atoms with Gasteiger partial charge >= 0.3 is 0 Å². The van der Waals surface area contributed by atoms with E-state index < -0.39 is 0 Å². The number of allylic oxidation sites excluding steroid dienone is 1. The maximum atomic E-state index is 9.55. The van der Waals surface area contributed by atoms with E-state index in [9.17, 15) is 5.11 Å². The lowest BCUT2D eigenvalue weighted by Crippen LogP contribution is -2.27. The highest BCUT2D eigenvalue weighted by Crippen LogP contribution is 2.34. The first kappa shape index (κ1) is 22.2. The highest BCUT2D eigenvalue weighted by molar-refractivity contribution is 5.50. The standard InChI is InChI=1S/C25H40O2/c1-3-4-5-6-7-8-21-9-11-22(12-10-21)13-14-23-15-17-24(18-16-23)25(19-26)20-27-2/h9-14,23-26H,3-8,15-20H2,1-2H3/b14-13+. The molecule has 2 nitrogen and oxygen atoms in total. The molecule has 1 aromatic rings. The van der Waals surface area contributed by atoms with Crippen molar-refractivity contribution in [2.24, 2.45) is 17.8 Å². The van der Waals surface area contributed by atoms with Crippen LogP contribution in [-0.2, 0) is 11.2 Å². The molecule has 0 aliphatic heterocycles. The van der Waals surface area contributed by atoms with Gasteiger partial charge in [0.05, 0.1) is 6.61 Å². The van der Waals surface area contributed by atoms with E-state index in [-0.39, 0.29) is 6.61 Å². The molecule has 1 N–H and O–H groups in total. The van der Waals surface area contributed by atoms with Gasteiger partial charge in [0, 0.05) is 19.6 Å². The molecule has 0 amide bonds. The molecule has 1 fully saturated rings. The fraction of sp³-hybridized carbons (Fsp3) is 0.680. The largest absolute Gasteiger partial charge is 0.396 e. The van der Waals surface area contributed by atoms with Gasteiger partial charge in [0.15, 0.2) is 0 Å². The molecular weight excluding hydrogens is 332 g/mol. The topological polar surface area (TPSA) is 29.5 Å². The van der Waals surface area contributed by atoms with Crippen molar-refractivity contribution >= 4 is 6.08 Å². The third-order valence-corrected chi connectivity index (χ3v) is 6.21. The van der Waals surface area contributed by atoms with Crippen LogP contribution in [-0.4, -0.2) is 25.4 Å². The van der Waals surface area contributed by atoms with Crippen molar-refractivity contribution in [3.05, 3.63) is 41.5 Å². The lowest BCUT2D eigenvalue weighted by Gasteiger charge is -2.31. The number of methoxy groups -OCH3 is 1. The van der Waals surface area contributed by atoms with Gasteiger partial charge < -0.3 is 9.84 Å². The third kappa shape index (κ3) is 8.19. The number of benzene rings is 1. The highest BCUT2D eigenvalue weighted by Gasteiger charge is 2.26. The van der Waals surface area contributed by atoms with Crippen LogP contribution >= 0.6 is 0 Å². The molecule has 2 heteroatoms. The van der Waals surface area contributed by atoms with Crippen molar-refractivity contribution in [1.29, 1.82) is 0 Å².